The average molecular weight is 414 g/mol. The van der Waals surface area contributed by atoms with Crippen molar-refractivity contribution in [3.05, 3.63) is 95.1 Å². The van der Waals surface area contributed by atoms with Gasteiger partial charge < -0.3 is 10.1 Å². The molecule has 1 unspecified atom stereocenters. The van der Waals surface area contributed by atoms with Crippen LogP contribution < -0.4 is 5.32 Å². The lowest BCUT2D eigenvalue weighted by molar-refractivity contribution is -0.143. The van der Waals surface area contributed by atoms with E-state index in [0.29, 0.717) is 25.5 Å². The van der Waals surface area contributed by atoms with Crippen molar-refractivity contribution in [1.82, 2.24) is 5.32 Å². The molecule has 0 spiro atoms. The molecule has 160 valence electrons. The Morgan fingerprint density at radius 1 is 0.968 bits per heavy atom. The molecule has 0 bridgehead atoms. The first-order valence-electron chi connectivity index (χ1n) is 11.4. The highest BCUT2D eigenvalue weighted by Crippen LogP contribution is 2.29. The molecule has 1 heterocycles. The molecular weight excluding hydrogens is 382 g/mol. The van der Waals surface area contributed by atoms with Gasteiger partial charge in [0.25, 0.3) is 0 Å². The van der Waals surface area contributed by atoms with Crippen molar-refractivity contribution >= 4 is 5.97 Å². The minimum absolute atomic E-state index is 0.131. The molecule has 3 aromatic rings. The number of fused-ring (bicyclic) bond motifs is 1. The van der Waals surface area contributed by atoms with Crippen LogP contribution in [0.3, 0.4) is 0 Å². The van der Waals surface area contributed by atoms with Crippen LogP contribution in [0.2, 0.25) is 0 Å². The van der Waals surface area contributed by atoms with Crippen LogP contribution in [0.15, 0.2) is 72.8 Å². The SMILES string of the molecule is CCOC(=O)CCc1ccccc1-c1ccc2c(c1)CNC(CCc1ccccc1)C2. The lowest BCUT2D eigenvalue weighted by atomic mass is 9.89. The molecule has 1 atom stereocenters. The fourth-order valence-corrected chi connectivity index (χ4v) is 4.43. The highest BCUT2D eigenvalue weighted by molar-refractivity contribution is 5.72. The van der Waals surface area contributed by atoms with Crippen LogP contribution in [0.5, 0.6) is 0 Å². The molecule has 1 aliphatic heterocycles. The van der Waals surface area contributed by atoms with Gasteiger partial charge >= 0.3 is 5.97 Å². The van der Waals surface area contributed by atoms with Gasteiger partial charge in [-0.2, -0.15) is 0 Å². The van der Waals surface area contributed by atoms with Crippen molar-refractivity contribution in [2.75, 3.05) is 6.61 Å². The van der Waals surface area contributed by atoms with Crippen molar-refractivity contribution in [1.29, 1.82) is 0 Å². The molecule has 4 rings (SSSR count). The Morgan fingerprint density at radius 2 is 1.77 bits per heavy atom. The maximum atomic E-state index is 11.8. The first kappa shape index (κ1) is 21.3. The third kappa shape index (κ3) is 5.62. The predicted molar refractivity (Wildman–Crippen MR) is 126 cm³/mol. The fraction of sp³-hybridized carbons (Fsp3) is 0.321. The summed E-state index contributed by atoms with van der Waals surface area (Å²) in [6.45, 7) is 3.19. The molecule has 0 amide bonds. The van der Waals surface area contributed by atoms with Crippen molar-refractivity contribution in [3.63, 3.8) is 0 Å². The maximum absolute atomic E-state index is 11.8. The van der Waals surface area contributed by atoms with Crippen molar-refractivity contribution in [3.8, 4) is 11.1 Å². The average Bonchev–Trinajstić information content (AvgIpc) is 2.82. The number of benzene rings is 3. The lowest BCUT2D eigenvalue weighted by Crippen LogP contribution is -2.35. The maximum Gasteiger partial charge on any atom is 0.306 e. The molecule has 0 aromatic heterocycles. The minimum Gasteiger partial charge on any atom is -0.466 e. The highest BCUT2D eigenvalue weighted by Gasteiger charge is 2.19. The molecule has 0 saturated carbocycles. The first-order chi connectivity index (χ1) is 15.2. The summed E-state index contributed by atoms with van der Waals surface area (Å²) in [5.41, 5.74) is 7.87. The van der Waals surface area contributed by atoms with Gasteiger partial charge in [0.15, 0.2) is 0 Å². The third-order valence-corrected chi connectivity index (χ3v) is 6.11. The molecule has 0 fully saturated rings. The second kappa shape index (κ2) is 10.4. The quantitative estimate of drug-likeness (QED) is 0.496. The summed E-state index contributed by atoms with van der Waals surface area (Å²) in [5, 5.41) is 3.73. The van der Waals surface area contributed by atoms with Gasteiger partial charge in [-0.15, -0.1) is 0 Å². The van der Waals surface area contributed by atoms with E-state index in [1.807, 2.05) is 13.0 Å². The van der Waals surface area contributed by atoms with Gasteiger partial charge in [-0.05, 0) is 72.1 Å². The summed E-state index contributed by atoms with van der Waals surface area (Å²) in [5.74, 6) is -0.131. The first-order valence-corrected chi connectivity index (χ1v) is 11.4. The summed E-state index contributed by atoms with van der Waals surface area (Å²) in [7, 11) is 0. The molecule has 3 aromatic carbocycles. The largest absolute Gasteiger partial charge is 0.466 e. The standard InChI is InChI=1S/C28H31NO2/c1-2-31-28(30)17-15-22-10-6-7-11-27(22)24-14-13-23-19-26(29-20-25(23)18-24)16-12-21-8-4-3-5-9-21/h3-11,13-14,18,26,29H,2,12,15-17,19-20H2,1H3. The van der Waals surface area contributed by atoms with Crippen LogP contribution in [0.1, 0.15) is 42.0 Å². The van der Waals surface area contributed by atoms with Gasteiger partial charge in [-0.25, -0.2) is 0 Å². The Morgan fingerprint density at radius 3 is 2.61 bits per heavy atom. The molecule has 0 saturated heterocycles. The molecule has 3 nitrogen and oxygen atoms in total. The van der Waals surface area contributed by atoms with Crippen molar-refractivity contribution in [2.24, 2.45) is 0 Å². The van der Waals surface area contributed by atoms with E-state index in [1.165, 1.54) is 33.4 Å². The van der Waals surface area contributed by atoms with E-state index in [-0.39, 0.29) is 5.97 Å². The monoisotopic (exact) mass is 413 g/mol. The Kier molecular flexibility index (Phi) is 7.16. The van der Waals surface area contributed by atoms with E-state index in [1.54, 1.807) is 0 Å². The number of rotatable bonds is 8. The van der Waals surface area contributed by atoms with Crippen LogP contribution in [0.25, 0.3) is 11.1 Å². The summed E-state index contributed by atoms with van der Waals surface area (Å²) in [6, 6.07) is 26.5. The van der Waals surface area contributed by atoms with E-state index in [9.17, 15) is 4.79 Å². The topological polar surface area (TPSA) is 38.3 Å². The zero-order valence-electron chi connectivity index (χ0n) is 18.3. The smallest absolute Gasteiger partial charge is 0.306 e. The lowest BCUT2D eigenvalue weighted by Gasteiger charge is -2.27. The second-order valence-corrected chi connectivity index (χ2v) is 8.25. The number of nitrogens with one attached hydrogen (secondary N) is 1. The van der Waals surface area contributed by atoms with Gasteiger partial charge in [0.05, 0.1) is 6.61 Å². The molecule has 1 N–H and O–H groups in total. The third-order valence-electron chi connectivity index (χ3n) is 6.11. The van der Waals surface area contributed by atoms with Gasteiger partial charge in [0.2, 0.25) is 0 Å². The molecular formula is C28H31NO2. The van der Waals surface area contributed by atoms with Gasteiger partial charge in [-0.1, -0.05) is 66.7 Å². The molecule has 3 heteroatoms. The van der Waals surface area contributed by atoms with E-state index >= 15 is 0 Å². The van der Waals surface area contributed by atoms with E-state index in [0.717, 1.165) is 25.8 Å². The Balaban J connectivity index is 1.43. The Labute approximate surface area is 185 Å². The van der Waals surface area contributed by atoms with Crippen LogP contribution >= 0.6 is 0 Å². The summed E-state index contributed by atoms with van der Waals surface area (Å²) < 4.78 is 5.09. The zero-order valence-corrected chi connectivity index (χ0v) is 18.3. The molecule has 1 aliphatic rings. The number of carbonyl (C=O) groups excluding carboxylic acids is 1. The number of hydrogen-bond donors (Lipinski definition) is 1. The Bertz CT molecular complexity index is 1010. The van der Waals surface area contributed by atoms with Crippen molar-refractivity contribution in [2.45, 2.75) is 51.6 Å². The van der Waals surface area contributed by atoms with Gasteiger partial charge in [0.1, 0.15) is 0 Å². The van der Waals surface area contributed by atoms with Gasteiger partial charge in [-0.3, -0.25) is 4.79 Å². The number of hydrogen-bond acceptors (Lipinski definition) is 3. The minimum atomic E-state index is -0.131. The van der Waals surface area contributed by atoms with Gasteiger partial charge in [0, 0.05) is 19.0 Å². The number of esters is 1. The molecule has 0 aliphatic carbocycles. The number of aryl methyl sites for hydroxylation is 2. The number of ether oxygens (including phenoxy) is 1. The Hall–Kier alpha value is -2.91. The van der Waals surface area contributed by atoms with Crippen LogP contribution in [0, 0.1) is 0 Å². The summed E-state index contributed by atoms with van der Waals surface area (Å²) >= 11 is 0. The zero-order chi connectivity index (χ0) is 21.5. The normalized spacial score (nSPS) is 15.3. The summed E-state index contributed by atoms with van der Waals surface area (Å²) in [4.78, 5) is 11.8. The van der Waals surface area contributed by atoms with E-state index in [2.05, 4.69) is 72.0 Å². The summed E-state index contributed by atoms with van der Waals surface area (Å²) in [6.07, 6.45) is 4.46. The van der Waals surface area contributed by atoms with E-state index < -0.39 is 0 Å². The molecule has 0 radical (unpaired) electrons. The van der Waals surface area contributed by atoms with E-state index in [4.69, 9.17) is 4.74 Å². The van der Waals surface area contributed by atoms with Crippen molar-refractivity contribution < 1.29 is 9.53 Å². The predicted octanol–water partition coefficient (Wildman–Crippen LogP) is 5.50. The van der Waals surface area contributed by atoms with Crippen LogP contribution in [0.4, 0.5) is 0 Å². The van der Waals surface area contributed by atoms with Crippen LogP contribution in [-0.2, 0) is 35.3 Å². The number of carbonyl (C=O) groups is 1. The van der Waals surface area contributed by atoms with Crippen LogP contribution in [-0.4, -0.2) is 18.6 Å². The second-order valence-electron chi connectivity index (χ2n) is 8.25. The highest BCUT2D eigenvalue weighted by atomic mass is 16.5. The molecule has 31 heavy (non-hydrogen) atoms. The fourth-order valence-electron chi connectivity index (χ4n) is 4.43.